The third kappa shape index (κ3) is 3.84. The molecule has 0 nitrogen and oxygen atoms in total. The molecule has 14 heavy (non-hydrogen) atoms. The molecule has 0 heterocycles. The van der Waals surface area contributed by atoms with Gasteiger partial charge in [0.2, 0.25) is 0 Å². The average molecular weight is 214 g/mol. The minimum atomic E-state index is -3.88. The standard InChI is InChI=1S/C10H18F4/c1-7(2)5-9(11,12)10(13,14)6-8(3)4/h7-8H,5-6H2,1-4H3. The second-order valence-electron chi connectivity index (χ2n) is 4.60. The largest absolute Gasteiger partial charge is 0.310 e. The van der Waals surface area contributed by atoms with E-state index in [1.54, 1.807) is 0 Å². The van der Waals surface area contributed by atoms with Crippen molar-refractivity contribution in [3.8, 4) is 0 Å². The zero-order valence-corrected chi connectivity index (χ0v) is 9.08. The highest BCUT2D eigenvalue weighted by molar-refractivity contribution is 4.86. The Morgan fingerprint density at radius 2 is 0.929 bits per heavy atom. The van der Waals surface area contributed by atoms with Gasteiger partial charge in [0.15, 0.2) is 0 Å². The molecule has 0 aromatic carbocycles. The number of halogens is 4. The second kappa shape index (κ2) is 4.49. The zero-order valence-electron chi connectivity index (χ0n) is 9.08. The van der Waals surface area contributed by atoms with E-state index >= 15 is 0 Å². The first-order chi connectivity index (χ1) is 6.08. The Kier molecular flexibility index (Phi) is 4.40. The van der Waals surface area contributed by atoms with Gasteiger partial charge in [-0.1, -0.05) is 27.7 Å². The van der Waals surface area contributed by atoms with Crippen LogP contribution in [-0.2, 0) is 0 Å². The van der Waals surface area contributed by atoms with Gasteiger partial charge in [-0.2, -0.15) is 17.6 Å². The topological polar surface area (TPSA) is 0 Å². The summed E-state index contributed by atoms with van der Waals surface area (Å²) in [4.78, 5) is 0. The lowest BCUT2D eigenvalue weighted by atomic mass is 9.94. The maximum Gasteiger partial charge on any atom is 0.310 e. The zero-order chi connectivity index (χ0) is 11.6. The van der Waals surface area contributed by atoms with Crippen LogP contribution in [-0.4, -0.2) is 11.8 Å². The van der Waals surface area contributed by atoms with E-state index in [2.05, 4.69) is 0 Å². The molecule has 0 aromatic rings. The van der Waals surface area contributed by atoms with E-state index in [4.69, 9.17) is 0 Å². The van der Waals surface area contributed by atoms with Crippen LogP contribution in [0.25, 0.3) is 0 Å². The van der Waals surface area contributed by atoms with E-state index in [-0.39, 0.29) is 0 Å². The van der Waals surface area contributed by atoms with Crippen LogP contribution in [0.1, 0.15) is 40.5 Å². The van der Waals surface area contributed by atoms with Crippen LogP contribution in [0.5, 0.6) is 0 Å². The van der Waals surface area contributed by atoms with Gasteiger partial charge in [0.05, 0.1) is 0 Å². The average Bonchev–Trinajstić information content (AvgIpc) is 1.78. The van der Waals surface area contributed by atoms with Crippen LogP contribution < -0.4 is 0 Å². The molecule has 0 fully saturated rings. The summed E-state index contributed by atoms with van der Waals surface area (Å²) < 4.78 is 52.3. The molecule has 86 valence electrons. The second-order valence-corrected chi connectivity index (χ2v) is 4.60. The molecule has 0 aromatic heterocycles. The van der Waals surface area contributed by atoms with E-state index in [1.165, 1.54) is 27.7 Å². The molecule has 0 amide bonds. The van der Waals surface area contributed by atoms with Gasteiger partial charge in [0.25, 0.3) is 0 Å². The van der Waals surface area contributed by atoms with Crippen molar-refractivity contribution in [2.75, 3.05) is 0 Å². The van der Waals surface area contributed by atoms with Crippen LogP contribution in [0, 0.1) is 11.8 Å². The first-order valence-electron chi connectivity index (χ1n) is 4.84. The van der Waals surface area contributed by atoms with Gasteiger partial charge < -0.3 is 0 Å². The van der Waals surface area contributed by atoms with Crippen molar-refractivity contribution >= 4 is 0 Å². The molecular weight excluding hydrogens is 196 g/mol. The Labute approximate surface area is 82.7 Å². The SMILES string of the molecule is CC(C)CC(F)(F)C(F)(F)CC(C)C. The van der Waals surface area contributed by atoms with Crippen molar-refractivity contribution in [3.05, 3.63) is 0 Å². The van der Waals surface area contributed by atoms with Crippen LogP contribution in [0.2, 0.25) is 0 Å². The van der Waals surface area contributed by atoms with Crippen molar-refractivity contribution in [1.82, 2.24) is 0 Å². The van der Waals surface area contributed by atoms with Crippen molar-refractivity contribution in [1.29, 1.82) is 0 Å². The molecule has 0 spiro atoms. The Morgan fingerprint density at radius 1 is 0.714 bits per heavy atom. The summed E-state index contributed by atoms with van der Waals surface area (Å²) in [5.74, 6) is -8.62. The fourth-order valence-corrected chi connectivity index (χ4v) is 1.32. The molecule has 0 atom stereocenters. The van der Waals surface area contributed by atoms with E-state index < -0.39 is 36.5 Å². The molecule has 0 saturated heterocycles. The molecule has 0 bridgehead atoms. The summed E-state index contributed by atoms with van der Waals surface area (Å²) in [6.45, 7) is 6.05. The van der Waals surface area contributed by atoms with Gasteiger partial charge >= 0.3 is 11.8 Å². The third-order valence-corrected chi connectivity index (χ3v) is 1.86. The highest BCUT2D eigenvalue weighted by Gasteiger charge is 2.55. The number of alkyl halides is 4. The first kappa shape index (κ1) is 13.7. The van der Waals surface area contributed by atoms with Crippen LogP contribution in [0.4, 0.5) is 17.6 Å². The molecule has 0 aliphatic heterocycles. The number of hydrogen-bond acceptors (Lipinski definition) is 0. The molecule has 4 heteroatoms. The smallest absolute Gasteiger partial charge is 0.200 e. The van der Waals surface area contributed by atoms with Gasteiger partial charge in [-0.15, -0.1) is 0 Å². The summed E-state index contributed by atoms with van der Waals surface area (Å²) in [7, 11) is 0. The Bertz CT molecular complexity index is 153. The van der Waals surface area contributed by atoms with E-state index in [9.17, 15) is 17.6 Å². The lowest BCUT2D eigenvalue weighted by molar-refractivity contribution is -0.223. The summed E-state index contributed by atoms with van der Waals surface area (Å²) in [6, 6.07) is 0. The van der Waals surface area contributed by atoms with Crippen molar-refractivity contribution in [3.63, 3.8) is 0 Å². The third-order valence-electron chi connectivity index (χ3n) is 1.86. The summed E-state index contributed by atoms with van der Waals surface area (Å²) >= 11 is 0. The Morgan fingerprint density at radius 3 is 1.07 bits per heavy atom. The highest BCUT2D eigenvalue weighted by Crippen LogP contribution is 2.42. The summed E-state index contributed by atoms with van der Waals surface area (Å²) in [6.07, 6.45) is -1.51. The molecule has 0 aliphatic carbocycles. The number of hydrogen-bond donors (Lipinski definition) is 0. The van der Waals surface area contributed by atoms with Crippen molar-refractivity contribution < 1.29 is 17.6 Å². The fraction of sp³-hybridized carbons (Fsp3) is 1.00. The normalized spacial score (nSPS) is 14.1. The van der Waals surface area contributed by atoms with Crippen molar-refractivity contribution in [2.45, 2.75) is 52.4 Å². The Hall–Kier alpha value is -0.280. The van der Waals surface area contributed by atoms with Gasteiger partial charge in [-0.3, -0.25) is 0 Å². The first-order valence-corrected chi connectivity index (χ1v) is 4.84. The summed E-state index contributed by atoms with van der Waals surface area (Å²) in [5.41, 5.74) is 0. The molecule has 0 N–H and O–H groups in total. The monoisotopic (exact) mass is 214 g/mol. The molecule has 0 radical (unpaired) electrons. The highest BCUT2D eigenvalue weighted by atomic mass is 19.3. The van der Waals surface area contributed by atoms with Gasteiger partial charge in [0.1, 0.15) is 0 Å². The summed E-state index contributed by atoms with van der Waals surface area (Å²) in [5, 5.41) is 0. The predicted molar refractivity (Wildman–Crippen MR) is 48.8 cm³/mol. The van der Waals surface area contributed by atoms with Gasteiger partial charge in [0, 0.05) is 12.8 Å². The fourth-order valence-electron chi connectivity index (χ4n) is 1.32. The molecule has 0 aliphatic rings. The Balaban J connectivity index is 4.51. The minimum absolute atomic E-state index is 0.428. The number of rotatable bonds is 5. The maximum atomic E-state index is 13.1. The lowest BCUT2D eigenvalue weighted by Gasteiger charge is -2.29. The lowest BCUT2D eigenvalue weighted by Crippen LogP contribution is -2.42. The molecular formula is C10H18F4. The predicted octanol–water partition coefficient (Wildman–Crippen LogP) is 4.35. The molecule has 0 saturated carbocycles. The van der Waals surface area contributed by atoms with E-state index in [0.717, 1.165) is 0 Å². The van der Waals surface area contributed by atoms with Crippen molar-refractivity contribution in [2.24, 2.45) is 11.8 Å². The maximum absolute atomic E-state index is 13.1. The van der Waals surface area contributed by atoms with Crippen LogP contribution >= 0.6 is 0 Å². The van der Waals surface area contributed by atoms with Crippen LogP contribution in [0.3, 0.4) is 0 Å². The van der Waals surface area contributed by atoms with E-state index in [1.807, 2.05) is 0 Å². The van der Waals surface area contributed by atoms with Gasteiger partial charge in [-0.25, -0.2) is 0 Å². The van der Waals surface area contributed by atoms with E-state index in [0.29, 0.717) is 0 Å². The quantitative estimate of drug-likeness (QED) is 0.597. The minimum Gasteiger partial charge on any atom is -0.200 e. The molecule has 0 rings (SSSR count). The van der Waals surface area contributed by atoms with Gasteiger partial charge in [-0.05, 0) is 11.8 Å². The molecule has 0 unspecified atom stereocenters. The van der Waals surface area contributed by atoms with Crippen LogP contribution in [0.15, 0.2) is 0 Å².